The number of hydrogen-bond donors (Lipinski definition) is 1. The molecule has 0 radical (unpaired) electrons. The van der Waals surface area contributed by atoms with E-state index in [1.165, 1.54) is 12.8 Å². The summed E-state index contributed by atoms with van der Waals surface area (Å²) in [6.45, 7) is 4.89. The van der Waals surface area contributed by atoms with Gasteiger partial charge in [0.25, 0.3) is 0 Å². The number of carbonyl (C=O) groups is 1. The van der Waals surface area contributed by atoms with Crippen LogP contribution in [0.15, 0.2) is 0 Å². The Morgan fingerprint density at radius 3 is 2.71 bits per heavy atom. The maximum atomic E-state index is 12.4. The third-order valence-electron chi connectivity index (χ3n) is 4.20. The van der Waals surface area contributed by atoms with Crippen molar-refractivity contribution in [2.75, 3.05) is 6.54 Å². The first-order valence-corrected chi connectivity index (χ1v) is 7.08. The van der Waals surface area contributed by atoms with Gasteiger partial charge in [-0.1, -0.05) is 19.8 Å². The van der Waals surface area contributed by atoms with Crippen molar-refractivity contribution in [1.82, 2.24) is 4.90 Å². The number of rotatable bonds is 3. The van der Waals surface area contributed by atoms with Crippen molar-refractivity contribution in [3.63, 3.8) is 0 Å². The molecule has 2 rings (SSSR count). The largest absolute Gasteiger partial charge is 0.393 e. The number of hydrogen-bond acceptors (Lipinski definition) is 2. The van der Waals surface area contributed by atoms with E-state index in [9.17, 15) is 9.90 Å². The zero-order chi connectivity index (χ0) is 12.4. The maximum Gasteiger partial charge on any atom is 0.226 e. The number of aliphatic hydroxyl groups is 1. The third kappa shape index (κ3) is 3.21. The topological polar surface area (TPSA) is 40.5 Å². The van der Waals surface area contributed by atoms with Crippen LogP contribution in [-0.4, -0.2) is 34.6 Å². The minimum atomic E-state index is -0.301. The fraction of sp³-hybridized carbons (Fsp3) is 0.929. The molecule has 1 N–H and O–H groups in total. The molecule has 1 aliphatic carbocycles. The molecular formula is C14H25NO2. The van der Waals surface area contributed by atoms with Crippen molar-refractivity contribution >= 4 is 5.91 Å². The van der Waals surface area contributed by atoms with E-state index in [2.05, 4.69) is 11.8 Å². The zero-order valence-electron chi connectivity index (χ0n) is 11.1. The first-order valence-electron chi connectivity index (χ1n) is 7.08. The fourth-order valence-electron chi connectivity index (χ4n) is 2.99. The predicted octanol–water partition coefficient (Wildman–Crippen LogP) is 2.18. The van der Waals surface area contributed by atoms with Crippen molar-refractivity contribution in [2.24, 2.45) is 11.8 Å². The third-order valence-corrected chi connectivity index (χ3v) is 4.20. The first kappa shape index (κ1) is 12.9. The predicted molar refractivity (Wildman–Crippen MR) is 67.5 cm³/mol. The summed E-state index contributed by atoms with van der Waals surface area (Å²) in [7, 11) is 0. The lowest BCUT2D eigenvalue weighted by atomic mass is 10.0. The maximum absolute atomic E-state index is 12.4. The highest BCUT2D eigenvalue weighted by molar-refractivity contribution is 5.82. The molecule has 0 aromatic heterocycles. The monoisotopic (exact) mass is 239 g/mol. The van der Waals surface area contributed by atoms with Crippen molar-refractivity contribution in [1.29, 1.82) is 0 Å². The molecule has 4 unspecified atom stereocenters. The van der Waals surface area contributed by atoms with Crippen molar-refractivity contribution in [3.8, 4) is 0 Å². The van der Waals surface area contributed by atoms with Crippen LogP contribution in [0.4, 0.5) is 0 Å². The van der Waals surface area contributed by atoms with Crippen LogP contribution >= 0.6 is 0 Å². The van der Waals surface area contributed by atoms with Crippen LogP contribution in [0.2, 0.25) is 0 Å². The Bertz CT molecular complexity index is 277. The van der Waals surface area contributed by atoms with E-state index in [1.807, 2.05) is 6.92 Å². The van der Waals surface area contributed by atoms with Gasteiger partial charge >= 0.3 is 0 Å². The van der Waals surface area contributed by atoms with Crippen LogP contribution in [0, 0.1) is 11.8 Å². The molecule has 98 valence electrons. The molecule has 0 bridgehead atoms. The zero-order valence-corrected chi connectivity index (χ0v) is 11.1. The summed E-state index contributed by atoms with van der Waals surface area (Å²) in [6, 6.07) is 0.276. The number of nitrogens with zero attached hydrogens (tertiary/aromatic N) is 1. The molecule has 1 aliphatic heterocycles. The summed E-state index contributed by atoms with van der Waals surface area (Å²) >= 11 is 0. The number of amides is 1. The number of carbonyl (C=O) groups excluding carboxylic acids is 1. The molecule has 2 aliphatic rings. The van der Waals surface area contributed by atoms with E-state index in [1.54, 1.807) is 0 Å². The molecule has 2 fully saturated rings. The standard InChI is InChI=1S/C14H25NO2/c1-10-8-13(10)14(17)15-7-5-3-4-6-12(15)9-11(2)16/h10-13,16H,3-9H2,1-2H3. The van der Waals surface area contributed by atoms with Crippen LogP contribution in [0.5, 0.6) is 0 Å². The lowest BCUT2D eigenvalue weighted by Gasteiger charge is -2.31. The smallest absolute Gasteiger partial charge is 0.226 e. The second kappa shape index (κ2) is 5.38. The van der Waals surface area contributed by atoms with Gasteiger partial charge in [-0.3, -0.25) is 4.79 Å². The Morgan fingerprint density at radius 1 is 1.41 bits per heavy atom. The molecule has 3 heteroatoms. The van der Waals surface area contributed by atoms with Gasteiger partial charge in [-0.2, -0.15) is 0 Å². The van der Waals surface area contributed by atoms with Gasteiger partial charge in [0.1, 0.15) is 0 Å². The Morgan fingerprint density at radius 2 is 2.12 bits per heavy atom. The van der Waals surface area contributed by atoms with Gasteiger partial charge in [-0.15, -0.1) is 0 Å². The van der Waals surface area contributed by atoms with Gasteiger partial charge in [0.15, 0.2) is 0 Å². The molecule has 3 nitrogen and oxygen atoms in total. The lowest BCUT2D eigenvalue weighted by molar-refractivity contribution is -0.135. The summed E-state index contributed by atoms with van der Waals surface area (Å²) in [4.78, 5) is 14.4. The van der Waals surface area contributed by atoms with Crippen molar-refractivity contribution < 1.29 is 9.90 Å². The lowest BCUT2D eigenvalue weighted by Crippen LogP contribution is -2.42. The Kier molecular flexibility index (Phi) is 4.08. The Hall–Kier alpha value is -0.570. The molecule has 0 aromatic carbocycles. The normalized spacial score (nSPS) is 35.2. The minimum absolute atomic E-state index is 0.276. The van der Waals surface area contributed by atoms with E-state index < -0.39 is 0 Å². The van der Waals surface area contributed by atoms with E-state index in [0.29, 0.717) is 11.8 Å². The highest BCUT2D eigenvalue weighted by Crippen LogP contribution is 2.40. The minimum Gasteiger partial charge on any atom is -0.393 e. The first-order chi connectivity index (χ1) is 8.09. The molecule has 17 heavy (non-hydrogen) atoms. The van der Waals surface area contributed by atoms with Crippen molar-refractivity contribution in [3.05, 3.63) is 0 Å². The molecule has 1 amide bonds. The highest BCUT2D eigenvalue weighted by atomic mass is 16.3. The SMILES string of the molecule is CC(O)CC1CCCCCN1C(=O)C1CC1C. The average molecular weight is 239 g/mol. The van der Waals surface area contributed by atoms with Crippen molar-refractivity contribution in [2.45, 2.75) is 64.5 Å². The summed E-state index contributed by atoms with van der Waals surface area (Å²) in [5.74, 6) is 1.22. The van der Waals surface area contributed by atoms with E-state index in [-0.39, 0.29) is 18.1 Å². The summed E-state index contributed by atoms with van der Waals surface area (Å²) < 4.78 is 0. The van der Waals surface area contributed by atoms with E-state index in [4.69, 9.17) is 0 Å². The second-order valence-corrected chi connectivity index (χ2v) is 5.94. The Labute approximate surface area is 104 Å². The van der Waals surface area contributed by atoms with E-state index >= 15 is 0 Å². The molecule has 4 atom stereocenters. The summed E-state index contributed by atoms with van der Waals surface area (Å²) in [6.07, 6.45) is 6.12. The summed E-state index contributed by atoms with van der Waals surface area (Å²) in [5, 5.41) is 9.56. The van der Waals surface area contributed by atoms with Gasteiger partial charge in [-0.05, 0) is 38.5 Å². The average Bonchev–Trinajstić information content (AvgIpc) is 3.00. The quantitative estimate of drug-likeness (QED) is 0.820. The van der Waals surface area contributed by atoms with Gasteiger partial charge in [-0.25, -0.2) is 0 Å². The molecular weight excluding hydrogens is 214 g/mol. The molecule has 1 heterocycles. The van der Waals surface area contributed by atoms with Gasteiger partial charge in [0.2, 0.25) is 5.91 Å². The van der Waals surface area contributed by atoms with Gasteiger partial charge in [0, 0.05) is 18.5 Å². The van der Waals surface area contributed by atoms with Crippen LogP contribution in [0.25, 0.3) is 0 Å². The van der Waals surface area contributed by atoms with Gasteiger partial charge in [0.05, 0.1) is 6.10 Å². The molecule has 0 spiro atoms. The van der Waals surface area contributed by atoms with Gasteiger partial charge < -0.3 is 10.0 Å². The molecule has 0 aromatic rings. The Balaban J connectivity index is 2.00. The second-order valence-electron chi connectivity index (χ2n) is 5.94. The van der Waals surface area contributed by atoms with Crippen LogP contribution < -0.4 is 0 Å². The van der Waals surface area contributed by atoms with E-state index in [0.717, 1.165) is 32.2 Å². The number of aliphatic hydroxyl groups excluding tert-OH is 1. The van der Waals surface area contributed by atoms with Crippen LogP contribution in [0.1, 0.15) is 52.4 Å². The molecule has 1 saturated carbocycles. The fourth-order valence-corrected chi connectivity index (χ4v) is 2.99. The highest BCUT2D eigenvalue weighted by Gasteiger charge is 2.43. The summed E-state index contributed by atoms with van der Waals surface area (Å²) in [5.41, 5.74) is 0. The molecule has 1 saturated heterocycles. The van der Waals surface area contributed by atoms with Crippen LogP contribution in [0.3, 0.4) is 0 Å². The van der Waals surface area contributed by atoms with Crippen LogP contribution in [-0.2, 0) is 4.79 Å². The number of likely N-dealkylation sites (tertiary alicyclic amines) is 1.